The van der Waals surface area contributed by atoms with Crippen molar-refractivity contribution in [3.63, 3.8) is 0 Å². The monoisotopic (exact) mass is 324 g/mol. The number of benzene rings is 2. The average molecular weight is 325 g/mol. The normalized spacial score (nSPS) is 10.3. The second kappa shape index (κ2) is 5.40. The molecule has 0 bridgehead atoms. The Morgan fingerprint density at radius 3 is 2.58 bits per heavy atom. The number of ether oxygens (including phenoxy) is 1. The van der Waals surface area contributed by atoms with Crippen molar-refractivity contribution in [2.45, 2.75) is 6.92 Å². The molecule has 98 valence electrons. The molecule has 0 atom stereocenters. The van der Waals surface area contributed by atoms with Crippen LogP contribution in [0.15, 0.2) is 40.9 Å². The molecule has 2 aromatic carbocycles. The summed E-state index contributed by atoms with van der Waals surface area (Å²) in [5, 5.41) is 8.87. The number of aromatic carboxylic acids is 1. The third-order valence-corrected chi connectivity index (χ3v) is 3.15. The van der Waals surface area contributed by atoms with Crippen LogP contribution in [0.3, 0.4) is 0 Å². The first-order chi connectivity index (χ1) is 8.97. The molecular formula is C14H10BrFO3. The van der Waals surface area contributed by atoms with E-state index in [1.54, 1.807) is 13.0 Å². The first-order valence-electron chi connectivity index (χ1n) is 5.44. The Morgan fingerprint density at radius 2 is 2.00 bits per heavy atom. The molecule has 2 aromatic rings. The van der Waals surface area contributed by atoms with Crippen molar-refractivity contribution in [2.75, 3.05) is 0 Å². The second-order valence-electron chi connectivity index (χ2n) is 3.96. The van der Waals surface area contributed by atoms with Crippen LogP contribution in [0.1, 0.15) is 15.9 Å². The summed E-state index contributed by atoms with van der Waals surface area (Å²) >= 11 is 3.08. The summed E-state index contributed by atoms with van der Waals surface area (Å²) in [5.74, 6) is -0.354. The van der Waals surface area contributed by atoms with Crippen LogP contribution in [0, 0.1) is 12.7 Å². The Bertz CT molecular complexity index is 641. The second-order valence-corrected chi connectivity index (χ2v) is 4.82. The molecule has 0 radical (unpaired) electrons. The van der Waals surface area contributed by atoms with Gasteiger partial charge in [0.15, 0.2) is 0 Å². The molecule has 0 amide bonds. The number of hydrogen-bond donors (Lipinski definition) is 1. The third-order valence-electron chi connectivity index (χ3n) is 2.54. The molecule has 19 heavy (non-hydrogen) atoms. The molecule has 0 unspecified atom stereocenters. The van der Waals surface area contributed by atoms with Crippen LogP contribution in [0.2, 0.25) is 0 Å². The van der Waals surface area contributed by atoms with Crippen LogP contribution in [0.25, 0.3) is 0 Å². The highest BCUT2D eigenvalue weighted by Crippen LogP contribution is 2.28. The van der Waals surface area contributed by atoms with Crippen LogP contribution in [0.4, 0.5) is 4.39 Å². The molecule has 0 aliphatic rings. The van der Waals surface area contributed by atoms with Crippen LogP contribution < -0.4 is 4.74 Å². The standard InChI is InChI=1S/C14H10BrFO3/c1-8-6-9(14(17)18)2-5-13(8)19-10-3-4-12(16)11(15)7-10/h2-7H,1H3,(H,17,18). The summed E-state index contributed by atoms with van der Waals surface area (Å²) in [4.78, 5) is 10.8. The summed E-state index contributed by atoms with van der Waals surface area (Å²) in [6.07, 6.45) is 0. The van der Waals surface area contributed by atoms with E-state index < -0.39 is 5.97 Å². The molecule has 1 N–H and O–H groups in total. The van der Waals surface area contributed by atoms with Gasteiger partial charge in [-0.1, -0.05) is 0 Å². The lowest BCUT2D eigenvalue weighted by Crippen LogP contribution is -1.97. The minimum absolute atomic E-state index is 0.199. The van der Waals surface area contributed by atoms with Gasteiger partial charge in [0, 0.05) is 0 Å². The molecule has 0 saturated carbocycles. The largest absolute Gasteiger partial charge is 0.478 e. The number of rotatable bonds is 3. The van der Waals surface area contributed by atoms with Gasteiger partial charge in [0.2, 0.25) is 0 Å². The maximum Gasteiger partial charge on any atom is 0.335 e. The van der Waals surface area contributed by atoms with Crippen molar-refractivity contribution in [3.05, 3.63) is 57.8 Å². The lowest BCUT2D eigenvalue weighted by molar-refractivity contribution is 0.0697. The molecule has 0 saturated heterocycles. The van der Waals surface area contributed by atoms with E-state index in [2.05, 4.69) is 15.9 Å². The van der Waals surface area contributed by atoms with E-state index >= 15 is 0 Å². The summed E-state index contributed by atoms with van der Waals surface area (Å²) < 4.78 is 19.0. The fraction of sp³-hybridized carbons (Fsp3) is 0.0714. The number of aryl methyl sites for hydroxylation is 1. The van der Waals surface area contributed by atoms with Crippen molar-refractivity contribution in [3.8, 4) is 11.5 Å². The molecule has 5 heteroatoms. The van der Waals surface area contributed by atoms with Gasteiger partial charge in [-0.05, 0) is 64.8 Å². The minimum Gasteiger partial charge on any atom is -0.478 e. The fourth-order valence-electron chi connectivity index (χ4n) is 1.56. The number of halogens is 2. The molecule has 0 aromatic heterocycles. The lowest BCUT2D eigenvalue weighted by Gasteiger charge is -2.09. The summed E-state index contributed by atoms with van der Waals surface area (Å²) in [5.41, 5.74) is 0.894. The molecule has 0 spiro atoms. The van der Waals surface area contributed by atoms with E-state index in [4.69, 9.17) is 9.84 Å². The van der Waals surface area contributed by atoms with Crippen molar-refractivity contribution < 1.29 is 19.0 Å². The first kappa shape index (κ1) is 13.5. The van der Waals surface area contributed by atoms with Gasteiger partial charge in [-0.3, -0.25) is 0 Å². The van der Waals surface area contributed by atoms with Gasteiger partial charge in [0.1, 0.15) is 17.3 Å². The Balaban J connectivity index is 2.28. The van der Waals surface area contributed by atoms with E-state index in [-0.39, 0.29) is 11.4 Å². The Morgan fingerprint density at radius 1 is 1.26 bits per heavy atom. The van der Waals surface area contributed by atoms with Crippen molar-refractivity contribution >= 4 is 21.9 Å². The third kappa shape index (κ3) is 3.12. The first-order valence-corrected chi connectivity index (χ1v) is 6.23. The number of carbonyl (C=O) groups is 1. The van der Waals surface area contributed by atoms with E-state index in [1.807, 2.05) is 0 Å². The zero-order valence-corrected chi connectivity index (χ0v) is 11.6. The fourth-order valence-corrected chi connectivity index (χ4v) is 1.92. The maximum absolute atomic E-state index is 13.1. The molecule has 0 heterocycles. The molecule has 0 fully saturated rings. The van der Waals surface area contributed by atoms with Crippen LogP contribution >= 0.6 is 15.9 Å². The molecular weight excluding hydrogens is 315 g/mol. The van der Waals surface area contributed by atoms with Crippen LogP contribution in [-0.4, -0.2) is 11.1 Å². The summed E-state index contributed by atoms with van der Waals surface area (Å²) in [6, 6.07) is 8.88. The van der Waals surface area contributed by atoms with Crippen molar-refractivity contribution in [1.82, 2.24) is 0 Å². The Kier molecular flexibility index (Phi) is 3.85. The van der Waals surface area contributed by atoms with Crippen molar-refractivity contribution in [2.24, 2.45) is 0 Å². The molecule has 2 rings (SSSR count). The van der Waals surface area contributed by atoms with E-state index in [9.17, 15) is 9.18 Å². The average Bonchev–Trinajstić information content (AvgIpc) is 2.36. The molecule has 0 aliphatic carbocycles. The highest BCUT2D eigenvalue weighted by atomic mass is 79.9. The minimum atomic E-state index is -0.987. The Labute approximate surface area is 117 Å². The molecule has 0 aliphatic heterocycles. The zero-order valence-electron chi connectivity index (χ0n) is 9.98. The number of carboxylic acids is 1. The highest BCUT2D eigenvalue weighted by molar-refractivity contribution is 9.10. The summed E-state index contributed by atoms with van der Waals surface area (Å²) in [6.45, 7) is 1.75. The smallest absolute Gasteiger partial charge is 0.335 e. The van der Waals surface area contributed by atoms with E-state index in [0.717, 1.165) is 0 Å². The summed E-state index contributed by atoms with van der Waals surface area (Å²) in [7, 11) is 0. The van der Waals surface area contributed by atoms with Gasteiger partial charge < -0.3 is 9.84 Å². The van der Waals surface area contributed by atoms with Gasteiger partial charge in [-0.25, -0.2) is 9.18 Å². The van der Waals surface area contributed by atoms with Crippen molar-refractivity contribution in [1.29, 1.82) is 0 Å². The van der Waals surface area contributed by atoms with Gasteiger partial charge in [-0.2, -0.15) is 0 Å². The quantitative estimate of drug-likeness (QED) is 0.910. The van der Waals surface area contributed by atoms with E-state index in [0.29, 0.717) is 21.5 Å². The molecule has 3 nitrogen and oxygen atoms in total. The van der Waals surface area contributed by atoms with Gasteiger partial charge in [0.25, 0.3) is 0 Å². The van der Waals surface area contributed by atoms with Gasteiger partial charge >= 0.3 is 5.97 Å². The number of carboxylic acid groups (broad SMARTS) is 1. The SMILES string of the molecule is Cc1cc(C(=O)O)ccc1Oc1ccc(F)c(Br)c1. The lowest BCUT2D eigenvalue weighted by atomic mass is 10.1. The predicted molar refractivity (Wildman–Crippen MR) is 72.3 cm³/mol. The maximum atomic E-state index is 13.1. The van der Waals surface area contributed by atoms with Crippen LogP contribution in [0.5, 0.6) is 11.5 Å². The van der Waals surface area contributed by atoms with Crippen LogP contribution in [-0.2, 0) is 0 Å². The van der Waals surface area contributed by atoms with Gasteiger partial charge in [-0.15, -0.1) is 0 Å². The Hall–Kier alpha value is -1.88. The van der Waals surface area contributed by atoms with Gasteiger partial charge in [0.05, 0.1) is 10.0 Å². The van der Waals surface area contributed by atoms with E-state index in [1.165, 1.54) is 30.3 Å². The highest BCUT2D eigenvalue weighted by Gasteiger charge is 2.08. The topological polar surface area (TPSA) is 46.5 Å². The predicted octanol–water partition coefficient (Wildman–Crippen LogP) is 4.39. The number of hydrogen-bond acceptors (Lipinski definition) is 2. The zero-order chi connectivity index (χ0) is 14.0.